The van der Waals surface area contributed by atoms with Gasteiger partial charge >= 0.3 is 0 Å². The largest absolute Gasteiger partial charge is 0.328 e. The molecular weight excluding hydrogens is 362 g/mol. The second kappa shape index (κ2) is 7.44. The summed E-state index contributed by atoms with van der Waals surface area (Å²) in [4.78, 5) is 15.4. The van der Waals surface area contributed by atoms with E-state index in [1.807, 2.05) is 28.6 Å². The van der Waals surface area contributed by atoms with E-state index in [1.165, 1.54) is 11.1 Å². The molecular formula is C23H25N5O. The number of piperidine rings is 1. The standard InChI is InChI=1S/C23H25N5O/c1-16-22(25-26-28(16)19-10-12-24-13-11-19)23(29)27-14-17-6-2-4-8-20(17)21-9-5-3-7-18(21)15-27/h2-9,19,24H,10-15H2,1H3. The van der Waals surface area contributed by atoms with Crippen LogP contribution < -0.4 is 5.32 Å². The lowest BCUT2D eigenvalue weighted by atomic mass is 9.97. The van der Waals surface area contributed by atoms with Crippen molar-refractivity contribution in [3.05, 3.63) is 71.0 Å². The predicted octanol–water partition coefficient (Wildman–Crippen LogP) is 3.33. The maximum Gasteiger partial charge on any atom is 0.276 e. The fraction of sp³-hybridized carbons (Fsp3) is 0.348. The molecule has 0 unspecified atom stereocenters. The zero-order valence-corrected chi connectivity index (χ0v) is 16.6. The SMILES string of the molecule is Cc1c(C(=O)N2Cc3ccccc3-c3ccccc3C2)nnn1C1CCNCC1. The van der Waals surface area contributed by atoms with Crippen LogP contribution in [0.1, 0.15) is 46.2 Å². The third-order valence-corrected chi connectivity index (χ3v) is 6.12. The van der Waals surface area contributed by atoms with Gasteiger partial charge in [-0.1, -0.05) is 53.7 Å². The van der Waals surface area contributed by atoms with E-state index in [0.29, 0.717) is 24.8 Å². The van der Waals surface area contributed by atoms with Crippen molar-refractivity contribution in [2.75, 3.05) is 13.1 Å². The van der Waals surface area contributed by atoms with Crippen molar-refractivity contribution in [2.24, 2.45) is 0 Å². The first-order chi connectivity index (χ1) is 14.2. The smallest absolute Gasteiger partial charge is 0.276 e. The average molecular weight is 387 g/mol. The van der Waals surface area contributed by atoms with Crippen LogP contribution in [0.4, 0.5) is 0 Å². The summed E-state index contributed by atoms with van der Waals surface area (Å²) >= 11 is 0. The maximum atomic E-state index is 13.5. The van der Waals surface area contributed by atoms with Crippen LogP contribution in [0, 0.1) is 6.92 Å². The molecule has 0 spiro atoms. The van der Waals surface area contributed by atoms with E-state index in [4.69, 9.17) is 0 Å². The Morgan fingerprint density at radius 1 is 0.966 bits per heavy atom. The van der Waals surface area contributed by atoms with Gasteiger partial charge in [-0.3, -0.25) is 4.79 Å². The topological polar surface area (TPSA) is 63.1 Å². The van der Waals surface area contributed by atoms with Crippen LogP contribution in [-0.2, 0) is 13.1 Å². The normalized spacial score (nSPS) is 16.8. The van der Waals surface area contributed by atoms with Crippen molar-refractivity contribution in [3.8, 4) is 11.1 Å². The molecule has 0 saturated carbocycles. The molecule has 0 aliphatic carbocycles. The molecule has 5 rings (SSSR count). The summed E-state index contributed by atoms with van der Waals surface area (Å²) in [5.74, 6) is -0.0470. The summed E-state index contributed by atoms with van der Waals surface area (Å²) in [6.45, 7) is 5.07. The number of nitrogens with one attached hydrogen (secondary N) is 1. The first-order valence-corrected chi connectivity index (χ1v) is 10.3. The lowest BCUT2D eigenvalue weighted by Crippen LogP contribution is -2.31. The minimum atomic E-state index is -0.0470. The monoisotopic (exact) mass is 387 g/mol. The van der Waals surface area contributed by atoms with Gasteiger partial charge in [0.2, 0.25) is 0 Å². The van der Waals surface area contributed by atoms with E-state index in [9.17, 15) is 4.79 Å². The van der Waals surface area contributed by atoms with Crippen LogP contribution in [-0.4, -0.2) is 38.9 Å². The van der Waals surface area contributed by atoms with Crippen molar-refractivity contribution in [3.63, 3.8) is 0 Å². The lowest BCUT2D eigenvalue weighted by Gasteiger charge is -2.24. The summed E-state index contributed by atoms with van der Waals surface area (Å²) in [7, 11) is 0. The van der Waals surface area contributed by atoms with Gasteiger partial charge in [-0.2, -0.15) is 0 Å². The van der Waals surface area contributed by atoms with Crippen LogP contribution in [0.5, 0.6) is 0 Å². The predicted molar refractivity (Wildman–Crippen MR) is 111 cm³/mol. The van der Waals surface area contributed by atoms with Gasteiger partial charge in [-0.15, -0.1) is 5.10 Å². The van der Waals surface area contributed by atoms with Crippen LogP contribution in [0.2, 0.25) is 0 Å². The molecule has 0 atom stereocenters. The molecule has 0 bridgehead atoms. The number of fused-ring (bicyclic) bond motifs is 3. The van der Waals surface area contributed by atoms with Crippen molar-refractivity contribution in [1.82, 2.24) is 25.2 Å². The van der Waals surface area contributed by atoms with E-state index in [-0.39, 0.29) is 5.91 Å². The van der Waals surface area contributed by atoms with Crippen molar-refractivity contribution < 1.29 is 4.79 Å². The molecule has 0 radical (unpaired) electrons. The molecule has 3 aromatic rings. The van der Waals surface area contributed by atoms with Crippen molar-refractivity contribution >= 4 is 5.91 Å². The zero-order chi connectivity index (χ0) is 19.8. The third-order valence-electron chi connectivity index (χ3n) is 6.12. The van der Waals surface area contributed by atoms with E-state index in [2.05, 4.69) is 52.0 Å². The van der Waals surface area contributed by atoms with Crippen molar-refractivity contribution in [1.29, 1.82) is 0 Å². The van der Waals surface area contributed by atoms with Crippen LogP contribution >= 0.6 is 0 Å². The molecule has 6 nitrogen and oxygen atoms in total. The Morgan fingerprint density at radius 2 is 1.55 bits per heavy atom. The number of carbonyl (C=O) groups excluding carboxylic acids is 1. The number of rotatable bonds is 2. The van der Waals surface area contributed by atoms with Gasteiger partial charge in [0.25, 0.3) is 5.91 Å². The van der Waals surface area contributed by atoms with Crippen molar-refractivity contribution in [2.45, 2.75) is 38.9 Å². The first-order valence-electron chi connectivity index (χ1n) is 10.3. The molecule has 1 amide bonds. The number of benzene rings is 2. The molecule has 1 saturated heterocycles. The second-order valence-corrected chi connectivity index (χ2v) is 7.92. The van der Waals surface area contributed by atoms with E-state index in [1.54, 1.807) is 0 Å². The third kappa shape index (κ3) is 3.23. The van der Waals surface area contributed by atoms with Gasteiger partial charge in [0.1, 0.15) is 0 Å². The molecule has 6 heteroatoms. The lowest BCUT2D eigenvalue weighted by molar-refractivity contribution is 0.0725. The second-order valence-electron chi connectivity index (χ2n) is 7.92. The number of aromatic nitrogens is 3. The molecule has 1 N–H and O–H groups in total. The highest BCUT2D eigenvalue weighted by Crippen LogP contribution is 2.33. The van der Waals surface area contributed by atoms with Gasteiger partial charge in [0, 0.05) is 13.1 Å². The summed E-state index contributed by atoms with van der Waals surface area (Å²) in [6, 6.07) is 17.0. The molecule has 1 aromatic heterocycles. The average Bonchev–Trinajstić information content (AvgIpc) is 3.06. The molecule has 3 heterocycles. The molecule has 29 heavy (non-hydrogen) atoms. The Morgan fingerprint density at radius 3 is 2.17 bits per heavy atom. The van der Waals surface area contributed by atoms with Crippen LogP contribution in [0.25, 0.3) is 11.1 Å². The van der Waals surface area contributed by atoms with Crippen LogP contribution in [0.3, 0.4) is 0 Å². The molecule has 2 aliphatic rings. The molecule has 148 valence electrons. The highest BCUT2D eigenvalue weighted by molar-refractivity contribution is 5.93. The minimum absolute atomic E-state index is 0.0470. The number of hydrogen-bond donors (Lipinski definition) is 1. The van der Waals surface area contributed by atoms with E-state index < -0.39 is 0 Å². The van der Waals surface area contributed by atoms with Crippen LogP contribution in [0.15, 0.2) is 48.5 Å². The fourth-order valence-electron chi connectivity index (χ4n) is 4.54. The Bertz CT molecular complexity index is 1000. The van der Waals surface area contributed by atoms with Gasteiger partial charge in [0.15, 0.2) is 5.69 Å². The summed E-state index contributed by atoms with van der Waals surface area (Å²) in [5, 5.41) is 12.0. The van der Waals surface area contributed by atoms with Gasteiger partial charge in [0.05, 0.1) is 11.7 Å². The summed E-state index contributed by atoms with van der Waals surface area (Å²) in [6.07, 6.45) is 2.03. The zero-order valence-electron chi connectivity index (χ0n) is 16.6. The quantitative estimate of drug-likeness (QED) is 0.733. The fourth-order valence-corrected chi connectivity index (χ4v) is 4.54. The van der Waals surface area contributed by atoms with Gasteiger partial charge < -0.3 is 10.2 Å². The Labute approximate surface area is 170 Å². The highest BCUT2D eigenvalue weighted by atomic mass is 16.2. The number of nitrogens with zero attached hydrogens (tertiary/aromatic N) is 4. The molecule has 1 fully saturated rings. The Balaban J connectivity index is 1.49. The number of carbonyl (C=O) groups is 1. The Hall–Kier alpha value is -2.99. The Kier molecular flexibility index (Phi) is 4.64. The summed E-state index contributed by atoms with van der Waals surface area (Å²) in [5.41, 5.74) is 6.07. The molecule has 2 aliphatic heterocycles. The van der Waals surface area contributed by atoms with E-state index >= 15 is 0 Å². The van der Waals surface area contributed by atoms with E-state index in [0.717, 1.165) is 42.8 Å². The minimum Gasteiger partial charge on any atom is -0.328 e. The number of hydrogen-bond acceptors (Lipinski definition) is 4. The number of amides is 1. The highest BCUT2D eigenvalue weighted by Gasteiger charge is 2.28. The first kappa shape index (κ1) is 18.1. The van der Waals surface area contributed by atoms with Gasteiger partial charge in [-0.05, 0) is 55.1 Å². The maximum absolute atomic E-state index is 13.5. The summed E-state index contributed by atoms with van der Waals surface area (Å²) < 4.78 is 1.95. The molecule has 2 aromatic carbocycles. The van der Waals surface area contributed by atoms with Gasteiger partial charge in [-0.25, -0.2) is 4.68 Å².